The summed E-state index contributed by atoms with van der Waals surface area (Å²) in [4.78, 5) is 2.76. The molecule has 3 rings (SSSR count). The summed E-state index contributed by atoms with van der Waals surface area (Å²) in [6.45, 7) is 5.86. The maximum absolute atomic E-state index is 3.56. The van der Waals surface area contributed by atoms with Crippen LogP contribution >= 0.6 is 0 Å². The molecule has 1 aromatic rings. The third kappa shape index (κ3) is 2.45. The number of hydrogen-bond donors (Lipinski definition) is 1. The number of benzene rings is 1. The fraction of sp³-hybridized carbons (Fsp3) is 0.625. The Morgan fingerprint density at radius 2 is 2.00 bits per heavy atom. The predicted octanol–water partition coefficient (Wildman–Crippen LogP) is 2.82. The molecule has 1 aliphatic carbocycles. The van der Waals surface area contributed by atoms with E-state index in [-0.39, 0.29) is 0 Å². The molecule has 1 N–H and O–H groups in total. The average molecular weight is 244 g/mol. The predicted molar refractivity (Wildman–Crippen MR) is 75.6 cm³/mol. The van der Waals surface area contributed by atoms with Crippen LogP contribution in [0.2, 0.25) is 0 Å². The van der Waals surface area contributed by atoms with E-state index in [4.69, 9.17) is 0 Å². The largest absolute Gasteiger partial charge is 0.314 e. The van der Waals surface area contributed by atoms with E-state index in [1.54, 1.807) is 0 Å². The molecule has 2 heteroatoms. The second-order valence-electron chi connectivity index (χ2n) is 5.94. The molecule has 3 unspecified atom stereocenters. The van der Waals surface area contributed by atoms with Crippen molar-refractivity contribution in [2.24, 2.45) is 5.92 Å². The molecule has 0 bridgehead atoms. The Morgan fingerprint density at radius 3 is 2.72 bits per heavy atom. The van der Waals surface area contributed by atoms with Crippen molar-refractivity contribution < 1.29 is 0 Å². The number of piperazine rings is 1. The van der Waals surface area contributed by atoms with E-state index in [0.717, 1.165) is 25.0 Å². The van der Waals surface area contributed by atoms with Crippen LogP contribution < -0.4 is 5.32 Å². The van der Waals surface area contributed by atoms with Gasteiger partial charge in [-0.3, -0.25) is 4.90 Å². The molecule has 2 aliphatic rings. The van der Waals surface area contributed by atoms with Gasteiger partial charge in [0, 0.05) is 31.7 Å². The first-order chi connectivity index (χ1) is 8.84. The molecule has 1 saturated carbocycles. The Balaban J connectivity index is 1.78. The zero-order valence-corrected chi connectivity index (χ0v) is 11.3. The minimum absolute atomic E-state index is 0.579. The van der Waals surface area contributed by atoms with E-state index < -0.39 is 0 Å². The van der Waals surface area contributed by atoms with Crippen LogP contribution in [0.25, 0.3) is 0 Å². The molecule has 98 valence electrons. The maximum Gasteiger partial charge on any atom is 0.0476 e. The summed E-state index contributed by atoms with van der Waals surface area (Å²) < 4.78 is 0. The number of hydrogen-bond acceptors (Lipinski definition) is 2. The van der Waals surface area contributed by atoms with Crippen LogP contribution in [-0.4, -0.2) is 30.6 Å². The lowest BCUT2D eigenvalue weighted by atomic mass is 10.00. The van der Waals surface area contributed by atoms with Crippen molar-refractivity contribution in [3.63, 3.8) is 0 Å². The molecule has 1 aromatic carbocycles. The number of nitrogens with one attached hydrogen (secondary N) is 1. The molecule has 1 aliphatic heterocycles. The summed E-state index contributed by atoms with van der Waals surface area (Å²) in [5.41, 5.74) is 1.48. The van der Waals surface area contributed by atoms with Crippen molar-refractivity contribution >= 4 is 0 Å². The molecule has 0 spiro atoms. The molecular formula is C16H24N2. The van der Waals surface area contributed by atoms with Crippen molar-refractivity contribution in [3.05, 3.63) is 35.9 Å². The monoisotopic (exact) mass is 244 g/mol. The van der Waals surface area contributed by atoms with E-state index in [1.165, 1.54) is 31.4 Å². The van der Waals surface area contributed by atoms with Crippen molar-refractivity contribution in [1.82, 2.24) is 10.2 Å². The zero-order chi connectivity index (χ0) is 12.4. The lowest BCUT2D eigenvalue weighted by Gasteiger charge is -2.40. The summed E-state index contributed by atoms with van der Waals surface area (Å²) in [6, 6.07) is 12.4. The third-order valence-electron chi connectivity index (χ3n) is 4.61. The highest BCUT2D eigenvalue weighted by atomic mass is 15.2. The summed E-state index contributed by atoms with van der Waals surface area (Å²) in [6.07, 6.45) is 4.20. The van der Waals surface area contributed by atoms with Crippen LogP contribution in [0.1, 0.15) is 37.8 Å². The number of nitrogens with zero attached hydrogens (tertiary/aromatic N) is 1. The van der Waals surface area contributed by atoms with Crippen molar-refractivity contribution in [1.29, 1.82) is 0 Å². The van der Waals surface area contributed by atoms with E-state index >= 15 is 0 Å². The Labute approximate surface area is 110 Å². The highest BCUT2D eigenvalue weighted by molar-refractivity contribution is 5.20. The molecule has 1 heterocycles. The normalized spacial score (nSPS) is 33.7. The van der Waals surface area contributed by atoms with E-state index in [1.807, 2.05) is 0 Å². The van der Waals surface area contributed by atoms with Gasteiger partial charge in [-0.1, -0.05) is 37.3 Å². The first kappa shape index (κ1) is 12.2. The Bertz CT molecular complexity index is 376. The first-order valence-electron chi connectivity index (χ1n) is 7.36. The van der Waals surface area contributed by atoms with Gasteiger partial charge in [0.2, 0.25) is 0 Å². The van der Waals surface area contributed by atoms with Crippen LogP contribution in [0.4, 0.5) is 0 Å². The second kappa shape index (κ2) is 5.41. The molecule has 2 fully saturated rings. The molecule has 2 nitrogen and oxygen atoms in total. The second-order valence-corrected chi connectivity index (χ2v) is 5.94. The topological polar surface area (TPSA) is 15.3 Å². The van der Waals surface area contributed by atoms with Gasteiger partial charge in [-0.15, -0.1) is 0 Å². The molecule has 0 aromatic heterocycles. The van der Waals surface area contributed by atoms with Gasteiger partial charge < -0.3 is 5.32 Å². The van der Waals surface area contributed by atoms with Crippen LogP contribution in [-0.2, 0) is 0 Å². The van der Waals surface area contributed by atoms with Crippen LogP contribution in [0.5, 0.6) is 0 Å². The van der Waals surface area contributed by atoms with Crippen LogP contribution in [0, 0.1) is 5.92 Å². The minimum Gasteiger partial charge on any atom is -0.314 e. The smallest absolute Gasteiger partial charge is 0.0476 e. The van der Waals surface area contributed by atoms with E-state index in [0.29, 0.717) is 6.04 Å². The standard InChI is InChI=1S/C16H24N2/c1-13-7-8-15(11-13)18-10-9-17-12-16(18)14-5-3-2-4-6-14/h2-6,13,15-17H,7-12H2,1H3. The SMILES string of the molecule is CC1CCC(N2CCNCC2c2ccccc2)C1. The van der Waals surface area contributed by atoms with Gasteiger partial charge in [-0.2, -0.15) is 0 Å². The van der Waals surface area contributed by atoms with E-state index in [9.17, 15) is 0 Å². The Hall–Kier alpha value is -0.860. The lowest BCUT2D eigenvalue weighted by molar-refractivity contribution is 0.106. The van der Waals surface area contributed by atoms with Gasteiger partial charge in [-0.25, -0.2) is 0 Å². The summed E-state index contributed by atoms with van der Waals surface area (Å²) >= 11 is 0. The molecular weight excluding hydrogens is 220 g/mol. The quantitative estimate of drug-likeness (QED) is 0.860. The van der Waals surface area contributed by atoms with Gasteiger partial charge in [0.05, 0.1) is 0 Å². The van der Waals surface area contributed by atoms with Gasteiger partial charge in [-0.05, 0) is 30.7 Å². The van der Waals surface area contributed by atoms with Crippen molar-refractivity contribution in [2.75, 3.05) is 19.6 Å². The molecule has 3 atom stereocenters. The lowest BCUT2D eigenvalue weighted by Crippen LogP contribution is -2.49. The highest BCUT2D eigenvalue weighted by Gasteiger charge is 2.33. The molecule has 18 heavy (non-hydrogen) atoms. The highest BCUT2D eigenvalue weighted by Crippen LogP contribution is 2.34. The Morgan fingerprint density at radius 1 is 1.17 bits per heavy atom. The molecule has 1 saturated heterocycles. The minimum atomic E-state index is 0.579. The van der Waals surface area contributed by atoms with Crippen molar-refractivity contribution in [2.45, 2.75) is 38.3 Å². The summed E-state index contributed by atoms with van der Waals surface area (Å²) in [5.74, 6) is 0.918. The number of rotatable bonds is 2. The zero-order valence-electron chi connectivity index (χ0n) is 11.3. The van der Waals surface area contributed by atoms with Crippen molar-refractivity contribution in [3.8, 4) is 0 Å². The first-order valence-corrected chi connectivity index (χ1v) is 7.36. The van der Waals surface area contributed by atoms with Gasteiger partial charge in [0.25, 0.3) is 0 Å². The van der Waals surface area contributed by atoms with Gasteiger partial charge >= 0.3 is 0 Å². The van der Waals surface area contributed by atoms with Gasteiger partial charge in [0.15, 0.2) is 0 Å². The van der Waals surface area contributed by atoms with Crippen LogP contribution in [0.15, 0.2) is 30.3 Å². The fourth-order valence-electron chi connectivity index (χ4n) is 3.62. The van der Waals surface area contributed by atoms with Gasteiger partial charge in [0.1, 0.15) is 0 Å². The maximum atomic E-state index is 3.56. The molecule has 0 radical (unpaired) electrons. The Kier molecular flexibility index (Phi) is 3.67. The summed E-state index contributed by atoms with van der Waals surface area (Å²) in [7, 11) is 0. The van der Waals surface area contributed by atoms with Crippen LogP contribution in [0.3, 0.4) is 0 Å². The summed E-state index contributed by atoms with van der Waals surface area (Å²) in [5, 5.41) is 3.56. The average Bonchev–Trinajstić information content (AvgIpc) is 2.86. The fourth-order valence-corrected chi connectivity index (χ4v) is 3.62. The third-order valence-corrected chi connectivity index (χ3v) is 4.61. The molecule has 0 amide bonds. The van der Waals surface area contributed by atoms with E-state index in [2.05, 4.69) is 47.5 Å².